The Hall–Kier alpha value is -2.40. The fourth-order valence-corrected chi connectivity index (χ4v) is 3.53. The zero-order valence-electron chi connectivity index (χ0n) is 13.4. The van der Waals surface area contributed by atoms with Gasteiger partial charge in [0.25, 0.3) is 5.91 Å². The first kappa shape index (κ1) is 16.5. The zero-order valence-corrected chi connectivity index (χ0v) is 13.4. The molecule has 4 nitrogen and oxygen atoms in total. The van der Waals surface area contributed by atoms with Gasteiger partial charge in [0.2, 0.25) is 0 Å². The second-order valence-electron chi connectivity index (χ2n) is 6.29. The van der Waals surface area contributed by atoms with Crippen LogP contribution in [0, 0.1) is 5.82 Å². The van der Waals surface area contributed by atoms with E-state index in [9.17, 15) is 14.3 Å². The number of halogens is 1. The predicted molar refractivity (Wildman–Crippen MR) is 91.6 cm³/mol. The van der Waals surface area contributed by atoms with E-state index < -0.39 is 11.7 Å². The first-order chi connectivity index (χ1) is 11.6. The smallest absolute Gasteiger partial charge is 0.253 e. The standard InChI is InChI=1S/C19H21FN2O2/c20-15-7-4-8-16(17(15)18(21)24)22-11-9-19(13-23,10-12-22)14-5-2-1-3-6-14/h1-8,23H,9-13H2,(H2,21,24). The van der Waals surface area contributed by atoms with E-state index >= 15 is 0 Å². The summed E-state index contributed by atoms with van der Waals surface area (Å²) in [6.07, 6.45) is 1.45. The molecule has 0 aromatic heterocycles. The summed E-state index contributed by atoms with van der Waals surface area (Å²) in [6.45, 7) is 1.31. The molecular formula is C19H21FN2O2. The first-order valence-corrected chi connectivity index (χ1v) is 8.07. The van der Waals surface area contributed by atoms with Crippen LogP contribution >= 0.6 is 0 Å². The first-order valence-electron chi connectivity index (χ1n) is 8.07. The minimum absolute atomic E-state index is 0.0614. The van der Waals surface area contributed by atoms with Crippen molar-refractivity contribution in [2.45, 2.75) is 18.3 Å². The molecule has 0 spiro atoms. The number of aliphatic hydroxyl groups is 1. The van der Waals surface area contributed by atoms with E-state index in [1.54, 1.807) is 12.1 Å². The Morgan fingerprint density at radius 1 is 1.12 bits per heavy atom. The number of piperidine rings is 1. The van der Waals surface area contributed by atoms with Gasteiger partial charge in [-0.15, -0.1) is 0 Å². The number of hydrogen-bond acceptors (Lipinski definition) is 3. The van der Waals surface area contributed by atoms with E-state index in [0.29, 0.717) is 18.8 Å². The number of nitrogens with zero attached hydrogens (tertiary/aromatic N) is 1. The highest BCUT2D eigenvalue weighted by molar-refractivity contribution is 5.99. The van der Waals surface area contributed by atoms with E-state index in [0.717, 1.165) is 18.4 Å². The number of benzene rings is 2. The van der Waals surface area contributed by atoms with Crippen LogP contribution in [0.5, 0.6) is 0 Å². The van der Waals surface area contributed by atoms with Crippen LogP contribution in [0.2, 0.25) is 0 Å². The second-order valence-corrected chi connectivity index (χ2v) is 6.29. The van der Waals surface area contributed by atoms with Crippen LogP contribution in [-0.2, 0) is 5.41 Å². The van der Waals surface area contributed by atoms with Crippen molar-refractivity contribution in [3.8, 4) is 0 Å². The predicted octanol–water partition coefficient (Wildman–Crippen LogP) is 2.46. The second kappa shape index (κ2) is 6.61. The molecule has 2 aromatic rings. The monoisotopic (exact) mass is 328 g/mol. The molecule has 0 unspecified atom stereocenters. The van der Waals surface area contributed by atoms with Crippen molar-refractivity contribution in [2.75, 3.05) is 24.6 Å². The van der Waals surface area contributed by atoms with Crippen LogP contribution in [0.1, 0.15) is 28.8 Å². The number of aliphatic hydroxyl groups excluding tert-OH is 1. The highest BCUT2D eigenvalue weighted by Crippen LogP contribution is 2.37. The molecule has 3 rings (SSSR count). The van der Waals surface area contributed by atoms with E-state index in [1.807, 2.05) is 35.2 Å². The average molecular weight is 328 g/mol. The summed E-state index contributed by atoms with van der Waals surface area (Å²) in [5, 5.41) is 9.99. The lowest BCUT2D eigenvalue weighted by atomic mass is 9.73. The molecule has 3 N–H and O–H groups in total. The average Bonchev–Trinajstić information content (AvgIpc) is 2.62. The third-order valence-electron chi connectivity index (χ3n) is 4.99. The van der Waals surface area contributed by atoms with Crippen LogP contribution in [0.3, 0.4) is 0 Å². The Bertz CT molecular complexity index is 725. The molecule has 126 valence electrons. The van der Waals surface area contributed by atoms with Gasteiger partial charge in [-0.3, -0.25) is 4.79 Å². The fourth-order valence-electron chi connectivity index (χ4n) is 3.53. The lowest BCUT2D eigenvalue weighted by Crippen LogP contribution is -2.45. The zero-order chi connectivity index (χ0) is 17.2. The molecule has 1 amide bonds. The number of rotatable bonds is 4. The topological polar surface area (TPSA) is 66.6 Å². The summed E-state index contributed by atoms with van der Waals surface area (Å²) >= 11 is 0. The molecule has 2 aromatic carbocycles. The van der Waals surface area contributed by atoms with Crippen molar-refractivity contribution in [3.63, 3.8) is 0 Å². The van der Waals surface area contributed by atoms with Gasteiger partial charge in [0.05, 0.1) is 17.9 Å². The molecule has 0 aliphatic carbocycles. The van der Waals surface area contributed by atoms with Crippen molar-refractivity contribution in [2.24, 2.45) is 5.73 Å². The summed E-state index contributed by atoms with van der Waals surface area (Å²) in [6, 6.07) is 14.5. The quantitative estimate of drug-likeness (QED) is 0.906. The number of hydrogen-bond donors (Lipinski definition) is 2. The highest BCUT2D eigenvalue weighted by atomic mass is 19.1. The van der Waals surface area contributed by atoms with Gasteiger partial charge >= 0.3 is 0 Å². The highest BCUT2D eigenvalue weighted by Gasteiger charge is 2.36. The molecule has 0 atom stereocenters. The molecule has 1 aliphatic rings. The Balaban J connectivity index is 1.86. The summed E-state index contributed by atoms with van der Waals surface area (Å²) < 4.78 is 14.0. The van der Waals surface area contributed by atoms with Gasteiger partial charge in [-0.1, -0.05) is 36.4 Å². The number of anilines is 1. The lowest BCUT2D eigenvalue weighted by Gasteiger charge is -2.42. The summed E-state index contributed by atoms with van der Waals surface area (Å²) in [7, 11) is 0. The number of nitrogens with two attached hydrogens (primary N) is 1. The third-order valence-corrected chi connectivity index (χ3v) is 4.99. The van der Waals surface area contributed by atoms with E-state index in [-0.39, 0.29) is 17.6 Å². The van der Waals surface area contributed by atoms with E-state index in [4.69, 9.17) is 5.73 Å². The van der Waals surface area contributed by atoms with Gasteiger partial charge < -0.3 is 15.7 Å². The number of carbonyl (C=O) groups is 1. The molecule has 5 heteroatoms. The molecule has 24 heavy (non-hydrogen) atoms. The van der Waals surface area contributed by atoms with E-state index in [2.05, 4.69) is 0 Å². The Morgan fingerprint density at radius 3 is 2.38 bits per heavy atom. The van der Waals surface area contributed by atoms with Gasteiger partial charge in [-0.2, -0.15) is 0 Å². The number of carbonyl (C=O) groups excluding carboxylic acids is 1. The minimum Gasteiger partial charge on any atom is -0.395 e. The maximum atomic E-state index is 14.0. The minimum atomic E-state index is -0.759. The summed E-state index contributed by atoms with van der Waals surface area (Å²) in [4.78, 5) is 13.6. The van der Waals surface area contributed by atoms with Crippen molar-refractivity contribution in [3.05, 3.63) is 65.5 Å². The molecule has 1 fully saturated rings. The van der Waals surface area contributed by atoms with Gasteiger partial charge in [-0.05, 0) is 30.5 Å². The van der Waals surface area contributed by atoms with Crippen LogP contribution in [0.15, 0.2) is 48.5 Å². The van der Waals surface area contributed by atoms with Gasteiger partial charge in [-0.25, -0.2) is 4.39 Å². The molecular weight excluding hydrogens is 307 g/mol. The summed E-state index contributed by atoms with van der Waals surface area (Å²) in [5.74, 6) is -1.35. The van der Waals surface area contributed by atoms with Crippen LogP contribution in [0.4, 0.5) is 10.1 Å². The van der Waals surface area contributed by atoms with Crippen molar-refractivity contribution in [1.29, 1.82) is 0 Å². The SMILES string of the molecule is NC(=O)c1c(F)cccc1N1CCC(CO)(c2ccccc2)CC1. The Labute approximate surface area is 140 Å². The Morgan fingerprint density at radius 2 is 1.79 bits per heavy atom. The number of primary amides is 1. The third kappa shape index (κ3) is 2.87. The number of amides is 1. The normalized spacial score (nSPS) is 16.8. The molecule has 0 radical (unpaired) electrons. The Kier molecular flexibility index (Phi) is 4.53. The van der Waals surface area contributed by atoms with Gasteiger partial charge in [0, 0.05) is 18.5 Å². The summed E-state index contributed by atoms with van der Waals surface area (Å²) in [5.41, 5.74) is 6.63. The van der Waals surface area contributed by atoms with Crippen molar-refractivity contribution < 1.29 is 14.3 Å². The maximum Gasteiger partial charge on any atom is 0.253 e. The van der Waals surface area contributed by atoms with Crippen molar-refractivity contribution >= 4 is 11.6 Å². The molecule has 0 bridgehead atoms. The van der Waals surface area contributed by atoms with Gasteiger partial charge in [0.15, 0.2) is 0 Å². The van der Waals surface area contributed by atoms with Crippen LogP contribution < -0.4 is 10.6 Å². The van der Waals surface area contributed by atoms with Crippen LogP contribution in [-0.4, -0.2) is 30.7 Å². The fraction of sp³-hybridized carbons (Fsp3) is 0.316. The maximum absolute atomic E-state index is 14.0. The van der Waals surface area contributed by atoms with E-state index in [1.165, 1.54) is 6.07 Å². The molecule has 0 saturated carbocycles. The molecule has 1 heterocycles. The van der Waals surface area contributed by atoms with Crippen LogP contribution in [0.25, 0.3) is 0 Å². The largest absolute Gasteiger partial charge is 0.395 e. The lowest BCUT2D eigenvalue weighted by molar-refractivity contribution is 0.0996. The van der Waals surface area contributed by atoms with Crippen molar-refractivity contribution in [1.82, 2.24) is 0 Å². The molecule has 1 saturated heterocycles. The molecule has 1 aliphatic heterocycles. The van der Waals surface area contributed by atoms with Gasteiger partial charge in [0.1, 0.15) is 5.82 Å².